The first kappa shape index (κ1) is 15.1. The Labute approximate surface area is 121 Å². The average Bonchev–Trinajstić information content (AvgIpc) is 2.97. The number of aromatic nitrogens is 3. The first-order valence-corrected chi connectivity index (χ1v) is 6.56. The second kappa shape index (κ2) is 6.94. The van der Waals surface area contributed by atoms with Crippen LogP contribution in [0.2, 0.25) is 0 Å². The highest BCUT2D eigenvalue weighted by molar-refractivity contribution is 5.91. The molecule has 1 aromatic heterocycles. The number of carbonyl (C=O) groups excluding carboxylic acids is 1. The Hall–Kier alpha value is -2.28. The molecule has 1 aromatic carbocycles. The Morgan fingerprint density at radius 2 is 2.14 bits per heavy atom. The third-order valence-corrected chi connectivity index (χ3v) is 3.08. The number of carbonyl (C=O) groups is 1. The maximum atomic E-state index is 12.9. The minimum atomic E-state index is -0.301. The Morgan fingerprint density at radius 3 is 2.81 bits per heavy atom. The Kier molecular flexibility index (Phi) is 4.99. The van der Waals surface area contributed by atoms with Gasteiger partial charge in [-0.3, -0.25) is 4.79 Å². The van der Waals surface area contributed by atoms with Crippen LogP contribution in [0, 0.1) is 5.82 Å². The molecule has 0 radical (unpaired) electrons. The van der Waals surface area contributed by atoms with Crippen molar-refractivity contribution < 1.29 is 13.9 Å². The molecule has 2 aromatic rings. The summed E-state index contributed by atoms with van der Waals surface area (Å²) < 4.78 is 19.3. The topological polar surface area (TPSA) is 69.0 Å². The summed E-state index contributed by atoms with van der Waals surface area (Å²) in [7, 11) is 1.56. The predicted octanol–water partition coefficient (Wildman–Crippen LogP) is 1.40. The number of hydrogen-bond acceptors (Lipinski definition) is 4. The zero-order valence-electron chi connectivity index (χ0n) is 11.9. The van der Waals surface area contributed by atoms with Crippen LogP contribution >= 0.6 is 0 Å². The molecular formula is C14H17FN4O2. The van der Waals surface area contributed by atoms with Gasteiger partial charge in [-0.25, -0.2) is 9.07 Å². The fraction of sp³-hybridized carbons (Fsp3) is 0.357. The third kappa shape index (κ3) is 3.85. The van der Waals surface area contributed by atoms with Crippen LogP contribution in [0.1, 0.15) is 29.0 Å². The van der Waals surface area contributed by atoms with Gasteiger partial charge in [-0.1, -0.05) is 17.3 Å². The predicted molar refractivity (Wildman–Crippen MR) is 74.4 cm³/mol. The number of methoxy groups -OCH3 is 1. The second-order valence-electron chi connectivity index (χ2n) is 4.56. The quantitative estimate of drug-likeness (QED) is 0.817. The molecule has 1 atom stereocenters. The standard InChI is InChI=1S/C14H17FN4O2/c1-10(11-3-5-12(15)6-4-11)19-9-13(17-18-19)14(20)16-7-8-21-2/h3-6,9-10H,7-8H2,1-2H3,(H,16,20). The lowest BCUT2D eigenvalue weighted by atomic mass is 10.1. The molecule has 0 aliphatic heterocycles. The van der Waals surface area contributed by atoms with Crippen LogP contribution in [-0.2, 0) is 4.74 Å². The maximum absolute atomic E-state index is 12.9. The van der Waals surface area contributed by atoms with Crippen LogP contribution in [0.15, 0.2) is 30.5 Å². The summed E-state index contributed by atoms with van der Waals surface area (Å²) >= 11 is 0. The molecule has 0 fully saturated rings. The molecular weight excluding hydrogens is 275 g/mol. The Bertz CT molecular complexity index is 597. The van der Waals surface area contributed by atoms with Gasteiger partial charge in [-0.2, -0.15) is 0 Å². The minimum Gasteiger partial charge on any atom is -0.383 e. The summed E-state index contributed by atoms with van der Waals surface area (Å²) in [6.07, 6.45) is 1.57. The highest BCUT2D eigenvalue weighted by Crippen LogP contribution is 2.17. The molecule has 0 bridgehead atoms. The summed E-state index contributed by atoms with van der Waals surface area (Å²) in [6.45, 7) is 2.75. The van der Waals surface area contributed by atoms with Gasteiger partial charge >= 0.3 is 0 Å². The molecule has 112 valence electrons. The lowest BCUT2D eigenvalue weighted by molar-refractivity contribution is 0.0932. The van der Waals surface area contributed by atoms with E-state index in [0.717, 1.165) is 5.56 Å². The zero-order valence-corrected chi connectivity index (χ0v) is 11.9. The van der Waals surface area contributed by atoms with E-state index in [9.17, 15) is 9.18 Å². The molecule has 21 heavy (non-hydrogen) atoms. The molecule has 6 nitrogen and oxygen atoms in total. The minimum absolute atomic E-state index is 0.140. The number of rotatable bonds is 6. The van der Waals surface area contributed by atoms with Crippen molar-refractivity contribution in [3.8, 4) is 0 Å². The van der Waals surface area contributed by atoms with Crippen molar-refractivity contribution in [3.05, 3.63) is 47.5 Å². The van der Waals surface area contributed by atoms with E-state index in [1.807, 2.05) is 6.92 Å². The van der Waals surface area contributed by atoms with Gasteiger partial charge in [0.05, 0.1) is 18.8 Å². The van der Waals surface area contributed by atoms with E-state index in [2.05, 4.69) is 15.6 Å². The van der Waals surface area contributed by atoms with E-state index in [1.165, 1.54) is 12.1 Å². The van der Waals surface area contributed by atoms with Gasteiger partial charge in [0.15, 0.2) is 5.69 Å². The van der Waals surface area contributed by atoms with Gasteiger partial charge < -0.3 is 10.1 Å². The van der Waals surface area contributed by atoms with Crippen molar-refractivity contribution in [1.82, 2.24) is 20.3 Å². The lowest BCUT2D eigenvalue weighted by Crippen LogP contribution is -2.27. The normalized spacial score (nSPS) is 12.1. The molecule has 0 aliphatic rings. The molecule has 1 amide bonds. The maximum Gasteiger partial charge on any atom is 0.273 e. The van der Waals surface area contributed by atoms with Gasteiger partial charge in [0.1, 0.15) is 5.82 Å². The van der Waals surface area contributed by atoms with E-state index in [1.54, 1.807) is 30.1 Å². The van der Waals surface area contributed by atoms with Gasteiger partial charge in [-0.05, 0) is 24.6 Å². The fourth-order valence-electron chi connectivity index (χ4n) is 1.82. The number of nitrogens with one attached hydrogen (secondary N) is 1. The smallest absolute Gasteiger partial charge is 0.273 e. The SMILES string of the molecule is COCCNC(=O)c1cn(C(C)c2ccc(F)cc2)nn1. The number of benzene rings is 1. The molecule has 0 spiro atoms. The van der Waals surface area contributed by atoms with Crippen LogP contribution in [-0.4, -0.2) is 41.2 Å². The van der Waals surface area contributed by atoms with E-state index in [-0.39, 0.29) is 23.5 Å². The van der Waals surface area contributed by atoms with Gasteiger partial charge in [0, 0.05) is 13.7 Å². The van der Waals surface area contributed by atoms with Crippen LogP contribution < -0.4 is 5.32 Å². The number of hydrogen-bond donors (Lipinski definition) is 1. The van der Waals surface area contributed by atoms with Gasteiger partial charge in [0.2, 0.25) is 0 Å². The molecule has 0 saturated heterocycles. The lowest BCUT2D eigenvalue weighted by Gasteiger charge is -2.11. The number of ether oxygens (including phenoxy) is 1. The van der Waals surface area contributed by atoms with Crippen LogP contribution in [0.4, 0.5) is 4.39 Å². The van der Waals surface area contributed by atoms with Crippen molar-refractivity contribution in [2.45, 2.75) is 13.0 Å². The monoisotopic (exact) mass is 292 g/mol. The Balaban J connectivity index is 2.05. The largest absolute Gasteiger partial charge is 0.383 e. The van der Waals surface area contributed by atoms with E-state index in [4.69, 9.17) is 4.74 Å². The van der Waals surface area contributed by atoms with Crippen molar-refractivity contribution in [1.29, 1.82) is 0 Å². The summed E-state index contributed by atoms with van der Waals surface area (Å²) in [6, 6.07) is 6.00. The second-order valence-corrected chi connectivity index (χ2v) is 4.56. The molecule has 7 heteroatoms. The molecule has 1 unspecified atom stereocenters. The summed E-state index contributed by atoms with van der Waals surface area (Å²) in [5.41, 5.74) is 1.12. The van der Waals surface area contributed by atoms with Crippen LogP contribution in [0.25, 0.3) is 0 Å². The molecule has 0 aliphatic carbocycles. The molecule has 2 rings (SSSR count). The first-order chi connectivity index (χ1) is 10.1. The highest BCUT2D eigenvalue weighted by atomic mass is 19.1. The third-order valence-electron chi connectivity index (χ3n) is 3.08. The Morgan fingerprint density at radius 1 is 1.43 bits per heavy atom. The van der Waals surface area contributed by atoms with Crippen molar-refractivity contribution >= 4 is 5.91 Å². The number of amides is 1. The highest BCUT2D eigenvalue weighted by Gasteiger charge is 2.14. The number of nitrogens with zero attached hydrogens (tertiary/aromatic N) is 3. The summed E-state index contributed by atoms with van der Waals surface area (Å²) in [5.74, 6) is -0.590. The van der Waals surface area contributed by atoms with Gasteiger partial charge in [0.25, 0.3) is 5.91 Å². The summed E-state index contributed by atoms with van der Waals surface area (Å²) in [5, 5.41) is 10.5. The zero-order chi connectivity index (χ0) is 15.2. The molecule has 0 saturated carbocycles. The van der Waals surface area contributed by atoms with Crippen molar-refractivity contribution in [3.63, 3.8) is 0 Å². The van der Waals surface area contributed by atoms with Crippen LogP contribution in [0.3, 0.4) is 0 Å². The van der Waals surface area contributed by atoms with E-state index < -0.39 is 0 Å². The fourth-order valence-corrected chi connectivity index (χ4v) is 1.82. The number of halogens is 1. The van der Waals surface area contributed by atoms with Crippen LogP contribution in [0.5, 0.6) is 0 Å². The molecule has 1 heterocycles. The summed E-state index contributed by atoms with van der Waals surface area (Å²) in [4.78, 5) is 11.8. The van der Waals surface area contributed by atoms with Gasteiger partial charge in [-0.15, -0.1) is 5.10 Å². The van der Waals surface area contributed by atoms with Crippen molar-refractivity contribution in [2.75, 3.05) is 20.3 Å². The average molecular weight is 292 g/mol. The van der Waals surface area contributed by atoms with E-state index >= 15 is 0 Å². The first-order valence-electron chi connectivity index (χ1n) is 6.56. The van der Waals surface area contributed by atoms with E-state index in [0.29, 0.717) is 13.2 Å². The molecule has 1 N–H and O–H groups in total. The van der Waals surface area contributed by atoms with Crippen molar-refractivity contribution in [2.24, 2.45) is 0 Å².